The molecule has 2 saturated heterocycles. The summed E-state index contributed by atoms with van der Waals surface area (Å²) in [6, 6.07) is 17.3. The first-order valence-electron chi connectivity index (χ1n) is 28.6. The SMILES string of the molecule is CC.CC.CC1CCC(/C=C/c2ccc(C3OCC(C)CO3)cc2)CC1.Cc1ccc(C2COC(/C=C/C3CCC(C)CC3)OC2)cc1.Cc1cnc(C2CCC(/C=C/C3CCC(C)CC3)CC2)nc1. The van der Waals surface area contributed by atoms with E-state index in [1.807, 2.05) is 40.1 Å². The molecular weight excluding hydrogens is 861 g/mol. The molecule has 0 bridgehead atoms. The Kier molecular flexibility index (Phi) is 26.2. The van der Waals surface area contributed by atoms with Gasteiger partial charge in [0.1, 0.15) is 5.82 Å². The van der Waals surface area contributed by atoms with Gasteiger partial charge in [-0.2, -0.15) is 0 Å². The zero-order chi connectivity index (χ0) is 50.1. The van der Waals surface area contributed by atoms with Crippen molar-refractivity contribution in [2.24, 2.45) is 47.3 Å². The van der Waals surface area contributed by atoms with Gasteiger partial charge in [-0.15, -0.1) is 0 Å². The van der Waals surface area contributed by atoms with Gasteiger partial charge in [-0.3, -0.25) is 0 Å². The molecule has 70 heavy (non-hydrogen) atoms. The molecule has 388 valence electrons. The van der Waals surface area contributed by atoms with E-state index in [9.17, 15) is 0 Å². The van der Waals surface area contributed by atoms with E-state index in [2.05, 4.69) is 136 Å². The van der Waals surface area contributed by atoms with Gasteiger partial charge in [0.25, 0.3) is 0 Å². The van der Waals surface area contributed by atoms with Crippen LogP contribution >= 0.6 is 0 Å². The topological polar surface area (TPSA) is 62.7 Å². The molecule has 0 unspecified atom stereocenters. The van der Waals surface area contributed by atoms with E-state index in [1.54, 1.807) is 0 Å². The molecule has 4 aliphatic carbocycles. The second-order valence-corrected chi connectivity index (χ2v) is 21.8. The maximum absolute atomic E-state index is 5.88. The number of hydrogen-bond acceptors (Lipinski definition) is 6. The quantitative estimate of drug-likeness (QED) is 0.199. The summed E-state index contributed by atoms with van der Waals surface area (Å²) < 4.78 is 23.2. The van der Waals surface area contributed by atoms with E-state index in [4.69, 9.17) is 18.9 Å². The molecule has 6 fully saturated rings. The fraction of sp³-hybridized carbons (Fsp3) is 0.656. The molecule has 0 N–H and O–H groups in total. The average Bonchev–Trinajstić information content (AvgIpc) is 3.41. The van der Waals surface area contributed by atoms with Crippen LogP contribution in [0, 0.1) is 61.2 Å². The Balaban J connectivity index is 0.000000189. The minimum Gasteiger partial charge on any atom is -0.348 e. The number of benzene rings is 2. The van der Waals surface area contributed by atoms with Crippen LogP contribution < -0.4 is 0 Å². The highest BCUT2D eigenvalue weighted by molar-refractivity contribution is 5.50. The summed E-state index contributed by atoms with van der Waals surface area (Å²) in [5, 5.41) is 0. The molecule has 0 atom stereocenters. The molecule has 1 aromatic heterocycles. The predicted octanol–water partition coefficient (Wildman–Crippen LogP) is 17.5. The number of rotatable bonds is 9. The molecule has 3 aromatic rings. The van der Waals surface area contributed by atoms with Gasteiger partial charge >= 0.3 is 0 Å². The van der Waals surface area contributed by atoms with Crippen molar-refractivity contribution in [1.29, 1.82) is 0 Å². The average molecular weight is 959 g/mol. The maximum Gasteiger partial charge on any atom is 0.183 e. The van der Waals surface area contributed by atoms with Gasteiger partial charge in [-0.25, -0.2) is 9.97 Å². The van der Waals surface area contributed by atoms with Crippen molar-refractivity contribution in [3.8, 4) is 0 Å². The Labute approximate surface area is 428 Å². The Hall–Kier alpha value is -3.42. The van der Waals surface area contributed by atoms with Crippen molar-refractivity contribution < 1.29 is 18.9 Å². The van der Waals surface area contributed by atoms with Crippen molar-refractivity contribution in [2.45, 2.75) is 196 Å². The van der Waals surface area contributed by atoms with Crippen molar-refractivity contribution in [1.82, 2.24) is 9.97 Å². The van der Waals surface area contributed by atoms with Crippen LogP contribution in [0.15, 0.2) is 91.3 Å². The second-order valence-electron chi connectivity index (χ2n) is 21.8. The molecule has 6 aliphatic rings. The zero-order valence-electron chi connectivity index (χ0n) is 45.8. The van der Waals surface area contributed by atoms with Gasteiger partial charge in [0.05, 0.1) is 26.4 Å². The van der Waals surface area contributed by atoms with E-state index in [1.165, 1.54) is 119 Å². The third-order valence-electron chi connectivity index (χ3n) is 15.6. The maximum atomic E-state index is 5.88. The van der Waals surface area contributed by atoms with E-state index < -0.39 is 0 Å². The zero-order valence-corrected chi connectivity index (χ0v) is 45.8. The van der Waals surface area contributed by atoms with Gasteiger partial charge < -0.3 is 18.9 Å². The van der Waals surface area contributed by atoms with Gasteiger partial charge in [0.15, 0.2) is 12.6 Å². The number of nitrogens with zero attached hydrogens (tertiary/aromatic N) is 2. The molecule has 2 aromatic carbocycles. The highest BCUT2D eigenvalue weighted by atomic mass is 16.7. The Morgan fingerprint density at radius 3 is 1.29 bits per heavy atom. The highest BCUT2D eigenvalue weighted by Crippen LogP contribution is 2.37. The number of hydrogen-bond donors (Lipinski definition) is 0. The largest absolute Gasteiger partial charge is 0.348 e. The molecule has 9 rings (SSSR count). The first-order chi connectivity index (χ1) is 34.1. The summed E-state index contributed by atoms with van der Waals surface area (Å²) in [6.45, 7) is 24.5. The van der Waals surface area contributed by atoms with Crippen molar-refractivity contribution in [3.05, 3.63) is 125 Å². The summed E-state index contributed by atoms with van der Waals surface area (Å²) in [7, 11) is 0. The molecule has 0 spiro atoms. The van der Waals surface area contributed by atoms with Gasteiger partial charge in [-0.05, 0) is 142 Å². The van der Waals surface area contributed by atoms with Crippen LogP contribution in [0.2, 0.25) is 0 Å². The second kappa shape index (κ2) is 31.9. The molecule has 3 heterocycles. The summed E-state index contributed by atoms with van der Waals surface area (Å²) >= 11 is 0. The first-order valence-corrected chi connectivity index (χ1v) is 28.6. The van der Waals surface area contributed by atoms with Gasteiger partial charge in [0.2, 0.25) is 0 Å². The van der Waals surface area contributed by atoms with Crippen LogP contribution in [0.3, 0.4) is 0 Å². The molecule has 6 nitrogen and oxygen atoms in total. The third kappa shape index (κ3) is 20.2. The van der Waals surface area contributed by atoms with E-state index >= 15 is 0 Å². The molecular formula is C64H98N2O4. The lowest BCUT2D eigenvalue weighted by atomic mass is 9.79. The fourth-order valence-electron chi connectivity index (χ4n) is 10.6. The normalized spacial score (nSPS) is 31.5. The fourth-order valence-corrected chi connectivity index (χ4v) is 10.6. The number of aromatic nitrogens is 2. The first kappa shape index (κ1) is 57.5. The van der Waals surface area contributed by atoms with Crippen molar-refractivity contribution in [3.63, 3.8) is 0 Å². The highest BCUT2D eigenvalue weighted by Gasteiger charge is 2.25. The standard InChI is InChI=1S/C20H30N2.2C20H28O2.2C2H6/c1-15-3-5-17(6-4-15)7-8-18-9-11-19(12-10-18)20-21-13-16(2)14-22-20;1-15-3-7-17(8-4-15)9-12-20-21-13-19(14-22-20)18-10-5-16(2)6-11-18;1-15-3-5-17(6-4-15)7-8-18-9-11-19(12-10-18)20-21-13-16(2)14-22-20;2*1-2/h7-8,13-15,17-19H,3-6,9-12H2,1-2H3;5-6,9-12,15,17,19-20H,3-4,7-8,13-14H2,1-2H3;7-12,15-17,20H,3-6,13-14H2,1-2H3;2*1-2H3/b8-7+;12-9+;8-7+;;. The van der Waals surface area contributed by atoms with Crippen LogP contribution in [-0.2, 0) is 18.9 Å². The van der Waals surface area contributed by atoms with Crippen LogP contribution in [0.5, 0.6) is 0 Å². The van der Waals surface area contributed by atoms with Gasteiger partial charge in [-0.1, -0.05) is 178 Å². The van der Waals surface area contributed by atoms with Gasteiger partial charge in [0, 0.05) is 35.7 Å². The minimum atomic E-state index is -0.186. The third-order valence-corrected chi connectivity index (χ3v) is 15.6. The number of aryl methyl sites for hydroxylation is 2. The van der Waals surface area contributed by atoms with Crippen LogP contribution in [0.1, 0.15) is 210 Å². The summed E-state index contributed by atoms with van der Waals surface area (Å²) in [5.74, 6) is 8.42. The van der Waals surface area contributed by atoms with Crippen molar-refractivity contribution >= 4 is 6.08 Å². The molecule has 0 amide bonds. The van der Waals surface area contributed by atoms with Crippen LogP contribution in [0.25, 0.3) is 6.08 Å². The van der Waals surface area contributed by atoms with Crippen LogP contribution in [0.4, 0.5) is 0 Å². The summed E-state index contributed by atoms with van der Waals surface area (Å²) in [6.07, 6.45) is 39.3. The molecule has 0 radical (unpaired) electrons. The predicted molar refractivity (Wildman–Crippen MR) is 295 cm³/mol. The van der Waals surface area contributed by atoms with Crippen LogP contribution in [-0.4, -0.2) is 42.7 Å². The Morgan fingerprint density at radius 2 is 0.814 bits per heavy atom. The van der Waals surface area contributed by atoms with E-state index in [-0.39, 0.29) is 12.6 Å². The smallest absolute Gasteiger partial charge is 0.183 e. The minimum absolute atomic E-state index is 0.152. The Morgan fingerprint density at radius 1 is 0.400 bits per heavy atom. The summed E-state index contributed by atoms with van der Waals surface area (Å²) in [4.78, 5) is 9.05. The Bertz CT molecular complexity index is 1780. The lowest BCUT2D eigenvalue weighted by Gasteiger charge is -2.29. The molecule has 4 saturated carbocycles. The molecule has 2 aliphatic heterocycles. The number of ether oxygens (including phenoxy) is 4. The lowest BCUT2D eigenvalue weighted by molar-refractivity contribution is -0.202. The monoisotopic (exact) mass is 959 g/mol. The summed E-state index contributed by atoms with van der Waals surface area (Å²) in [5.41, 5.74) is 6.16. The van der Waals surface area contributed by atoms with E-state index in [0.717, 1.165) is 84.8 Å². The van der Waals surface area contributed by atoms with Crippen molar-refractivity contribution in [2.75, 3.05) is 26.4 Å². The van der Waals surface area contributed by atoms with E-state index in [0.29, 0.717) is 17.8 Å². The lowest BCUT2D eigenvalue weighted by Crippen LogP contribution is -2.29. The number of allylic oxidation sites excluding steroid dienone is 4. The molecule has 6 heteroatoms.